The molecule has 0 saturated heterocycles. The van der Waals surface area contributed by atoms with E-state index in [2.05, 4.69) is 15.2 Å². The molecule has 0 fully saturated rings. The van der Waals surface area contributed by atoms with E-state index in [0.29, 0.717) is 17.1 Å². The number of anilines is 2. The lowest BCUT2D eigenvalue weighted by Crippen LogP contribution is -2.21. The van der Waals surface area contributed by atoms with Gasteiger partial charge in [0, 0.05) is 28.4 Å². The molecule has 24 heavy (non-hydrogen) atoms. The maximum Gasteiger partial charge on any atom is 0.150 e. The van der Waals surface area contributed by atoms with Crippen LogP contribution in [-0.2, 0) is 6.54 Å². The van der Waals surface area contributed by atoms with Crippen LogP contribution in [0.4, 0.5) is 11.4 Å². The van der Waals surface area contributed by atoms with Crippen molar-refractivity contribution in [3.8, 4) is 11.3 Å². The van der Waals surface area contributed by atoms with E-state index in [1.54, 1.807) is 0 Å². The first-order valence-corrected chi connectivity index (χ1v) is 8.08. The summed E-state index contributed by atoms with van der Waals surface area (Å²) in [4.78, 5) is 13.4. The summed E-state index contributed by atoms with van der Waals surface area (Å²) in [5.74, 6) is 0. The number of hydrogen-bond acceptors (Lipinski definition) is 4. The van der Waals surface area contributed by atoms with Crippen LogP contribution in [0.15, 0.2) is 42.5 Å². The monoisotopic (exact) mass is 338 g/mol. The SMILES string of the molecule is Cc1nnn2c1-c1ccc(C=O)cc1N(c1ccc(Cl)cc1)CC2. The van der Waals surface area contributed by atoms with E-state index < -0.39 is 0 Å². The third-order valence-electron chi connectivity index (χ3n) is 4.28. The molecule has 0 bridgehead atoms. The van der Waals surface area contributed by atoms with Gasteiger partial charge in [0.05, 0.1) is 23.6 Å². The van der Waals surface area contributed by atoms with E-state index in [1.165, 1.54) is 0 Å². The van der Waals surface area contributed by atoms with Crippen molar-refractivity contribution >= 4 is 29.3 Å². The Bertz CT molecular complexity index is 917. The van der Waals surface area contributed by atoms with Crippen molar-refractivity contribution in [2.24, 2.45) is 0 Å². The molecule has 1 aliphatic rings. The Hall–Kier alpha value is -2.66. The van der Waals surface area contributed by atoms with Crippen molar-refractivity contribution in [3.63, 3.8) is 0 Å². The highest BCUT2D eigenvalue weighted by molar-refractivity contribution is 6.30. The number of benzene rings is 2. The standard InChI is InChI=1S/C18H15ClN4O/c1-12-18-16-7-2-13(11-24)10-17(16)22(8-9-23(18)21-20-12)15-5-3-14(19)4-6-15/h2-7,10-11H,8-9H2,1H3. The van der Waals surface area contributed by atoms with Crippen molar-refractivity contribution < 1.29 is 4.79 Å². The van der Waals surface area contributed by atoms with Crippen LogP contribution in [0.2, 0.25) is 5.02 Å². The fourth-order valence-electron chi connectivity index (χ4n) is 3.14. The normalized spacial score (nSPS) is 13.2. The summed E-state index contributed by atoms with van der Waals surface area (Å²) in [5, 5.41) is 9.15. The molecule has 0 amide bonds. The first-order valence-electron chi connectivity index (χ1n) is 7.70. The number of carbonyl (C=O) groups is 1. The zero-order chi connectivity index (χ0) is 16.7. The highest BCUT2D eigenvalue weighted by atomic mass is 35.5. The van der Waals surface area contributed by atoms with Crippen LogP contribution < -0.4 is 4.90 Å². The van der Waals surface area contributed by atoms with Gasteiger partial charge in [0.2, 0.25) is 0 Å². The molecule has 0 saturated carbocycles. The van der Waals surface area contributed by atoms with E-state index >= 15 is 0 Å². The second-order valence-corrected chi connectivity index (χ2v) is 6.21. The second kappa shape index (κ2) is 5.76. The first kappa shape index (κ1) is 14.9. The number of carbonyl (C=O) groups excluding carboxylic acids is 1. The summed E-state index contributed by atoms with van der Waals surface area (Å²) in [6, 6.07) is 13.4. The molecule has 5 nitrogen and oxygen atoms in total. The molecule has 3 aromatic rings. The number of aromatic nitrogens is 3. The number of hydrogen-bond donors (Lipinski definition) is 0. The Morgan fingerprint density at radius 2 is 1.92 bits per heavy atom. The van der Waals surface area contributed by atoms with Crippen LogP contribution >= 0.6 is 11.6 Å². The van der Waals surface area contributed by atoms with Crippen molar-refractivity contribution in [3.05, 3.63) is 58.7 Å². The predicted molar refractivity (Wildman–Crippen MR) is 94.0 cm³/mol. The highest BCUT2D eigenvalue weighted by Crippen LogP contribution is 2.39. The fourth-order valence-corrected chi connectivity index (χ4v) is 3.27. The Labute approximate surface area is 144 Å². The highest BCUT2D eigenvalue weighted by Gasteiger charge is 2.24. The van der Waals surface area contributed by atoms with E-state index in [1.807, 2.05) is 54.1 Å². The lowest BCUT2D eigenvalue weighted by atomic mass is 10.0. The van der Waals surface area contributed by atoms with Gasteiger partial charge >= 0.3 is 0 Å². The van der Waals surface area contributed by atoms with Crippen LogP contribution in [0.3, 0.4) is 0 Å². The predicted octanol–water partition coefficient (Wildman–Crippen LogP) is 3.87. The van der Waals surface area contributed by atoms with Gasteiger partial charge in [0.1, 0.15) is 6.29 Å². The summed E-state index contributed by atoms with van der Waals surface area (Å²) < 4.78 is 1.92. The van der Waals surface area contributed by atoms with Crippen molar-refractivity contribution in [2.45, 2.75) is 13.5 Å². The molecular formula is C18H15ClN4O. The zero-order valence-electron chi connectivity index (χ0n) is 13.1. The maximum atomic E-state index is 11.3. The largest absolute Gasteiger partial charge is 0.339 e. The number of fused-ring (bicyclic) bond motifs is 3. The Morgan fingerprint density at radius 1 is 1.12 bits per heavy atom. The fraction of sp³-hybridized carbons (Fsp3) is 0.167. The van der Waals surface area contributed by atoms with E-state index in [4.69, 9.17) is 11.6 Å². The Balaban J connectivity index is 1.94. The van der Waals surface area contributed by atoms with Crippen LogP contribution in [-0.4, -0.2) is 27.8 Å². The van der Waals surface area contributed by atoms with Gasteiger partial charge in [-0.3, -0.25) is 4.79 Å². The maximum absolute atomic E-state index is 11.3. The molecule has 0 radical (unpaired) electrons. The molecule has 0 atom stereocenters. The quantitative estimate of drug-likeness (QED) is 0.665. The van der Waals surface area contributed by atoms with Crippen LogP contribution in [0.5, 0.6) is 0 Å². The van der Waals surface area contributed by atoms with Gasteiger partial charge in [-0.2, -0.15) is 0 Å². The molecule has 2 aromatic carbocycles. The molecular weight excluding hydrogens is 324 g/mol. The second-order valence-electron chi connectivity index (χ2n) is 5.77. The molecule has 0 spiro atoms. The molecule has 1 aliphatic heterocycles. The summed E-state index contributed by atoms with van der Waals surface area (Å²) in [6.07, 6.45) is 0.869. The van der Waals surface area contributed by atoms with Crippen LogP contribution in [0, 0.1) is 6.92 Å². The lowest BCUT2D eigenvalue weighted by Gasteiger charge is -2.25. The lowest BCUT2D eigenvalue weighted by molar-refractivity contribution is 0.112. The van der Waals surface area contributed by atoms with Gasteiger partial charge in [0.25, 0.3) is 0 Å². The minimum Gasteiger partial charge on any atom is -0.339 e. The van der Waals surface area contributed by atoms with Crippen LogP contribution in [0.1, 0.15) is 16.1 Å². The average molecular weight is 339 g/mol. The van der Waals surface area contributed by atoms with E-state index in [0.717, 1.165) is 41.2 Å². The number of halogens is 1. The smallest absolute Gasteiger partial charge is 0.150 e. The summed E-state index contributed by atoms with van der Waals surface area (Å²) in [7, 11) is 0. The van der Waals surface area contributed by atoms with Crippen molar-refractivity contribution in [2.75, 3.05) is 11.4 Å². The molecule has 0 N–H and O–H groups in total. The first-order chi connectivity index (χ1) is 11.7. The van der Waals surface area contributed by atoms with Gasteiger partial charge < -0.3 is 4.90 Å². The molecule has 1 aromatic heterocycles. The average Bonchev–Trinajstić information content (AvgIpc) is 2.88. The van der Waals surface area contributed by atoms with Crippen LogP contribution in [0.25, 0.3) is 11.3 Å². The number of rotatable bonds is 2. The Kier molecular flexibility index (Phi) is 3.58. The van der Waals surface area contributed by atoms with Gasteiger partial charge in [0.15, 0.2) is 0 Å². The van der Waals surface area contributed by atoms with E-state index in [9.17, 15) is 4.79 Å². The molecule has 0 unspecified atom stereocenters. The molecule has 4 rings (SSSR count). The zero-order valence-corrected chi connectivity index (χ0v) is 13.9. The Morgan fingerprint density at radius 3 is 2.67 bits per heavy atom. The third-order valence-corrected chi connectivity index (χ3v) is 4.53. The van der Waals surface area contributed by atoms with Gasteiger partial charge in [-0.25, -0.2) is 4.68 Å². The minimum atomic E-state index is 0.645. The van der Waals surface area contributed by atoms with Crippen molar-refractivity contribution in [1.82, 2.24) is 15.0 Å². The van der Waals surface area contributed by atoms with Crippen molar-refractivity contribution in [1.29, 1.82) is 0 Å². The number of aldehydes is 1. The topological polar surface area (TPSA) is 51.0 Å². The summed E-state index contributed by atoms with van der Waals surface area (Å²) in [6.45, 7) is 3.39. The summed E-state index contributed by atoms with van der Waals surface area (Å²) in [5.41, 5.74) is 5.56. The molecule has 120 valence electrons. The summed E-state index contributed by atoms with van der Waals surface area (Å²) >= 11 is 6.02. The minimum absolute atomic E-state index is 0.645. The third kappa shape index (κ3) is 2.37. The van der Waals surface area contributed by atoms with Gasteiger partial charge in [-0.05, 0) is 43.3 Å². The molecule has 2 heterocycles. The van der Waals surface area contributed by atoms with E-state index in [-0.39, 0.29) is 0 Å². The van der Waals surface area contributed by atoms with Gasteiger partial charge in [-0.1, -0.05) is 22.9 Å². The molecule has 0 aliphatic carbocycles. The molecule has 6 heteroatoms. The number of aryl methyl sites for hydroxylation is 1. The number of nitrogens with zero attached hydrogens (tertiary/aromatic N) is 4. The van der Waals surface area contributed by atoms with Gasteiger partial charge in [-0.15, -0.1) is 5.10 Å².